The minimum absolute atomic E-state index is 0.0110. The third-order valence-corrected chi connectivity index (χ3v) is 2.56. The molecule has 0 aromatic rings. The minimum atomic E-state index is -0.391. The summed E-state index contributed by atoms with van der Waals surface area (Å²) in [7, 11) is 0. The second-order valence-electron chi connectivity index (χ2n) is 4.85. The fourth-order valence-corrected chi connectivity index (χ4v) is 1.77. The molecular formula is C13H26N2O3. The topological polar surface area (TPSA) is 78.4 Å². The van der Waals surface area contributed by atoms with Crippen molar-refractivity contribution in [2.45, 2.75) is 65.0 Å². The number of aliphatic hydroxyl groups is 1. The summed E-state index contributed by atoms with van der Waals surface area (Å²) in [5, 5.41) is 14.7. The first-order valence-corrected chi connectivity index (χ1v) is 6.63. The molecule has 0 aliphatic rings. The van der Waals surface area contributed by atoms with Crippen molar-refractivity contribution in [2.75, 3.05) is 6.54 Å². The molecule has 0 heterocycles. The summed E-state index contributed by atoms with van der Waals surface area (Å²) in [5.41, 5.74) is 0. The molecule has 0 bridgehead atoms. The van der Waals surface area contributed by atoms with E-state index in [0.717, 1.165) is 19.3 Å². The summed E-state index contributed by atoms with van der Waals surface area (Å²) < 4.78 is 0. The van der Waals surface area contributed by atoms with Gasteiger partial charge in [-0.2, -0.15) is 0 Å². The summed E-state index contributed by atoms with van der Waals surface area (Å²) in [6, 6.07) is 0.0110. The lowest BCUT2D eigenvalue weighted by atomic mass is 10.1. The SMILES string of the molecule is CC(=O)NCCCCCC(=O)NC(C)CC(C)O. The highest BCUT2D eigenvalue weighted by Crippen LogP contribution is 2.01. The molecule has 3 N–H and O–H groups in total. The van der Waals surface area contributed by atoms with Crippen LogP contribution in [0.2, 0.25) is 0 Å². The molecular weight excluding hydrogens is 232 g/mol. The van der Waals surface area contributed by atoms with Crippen molar-refractivity contribution >= 4 is 11.8 Å². The molecule has 2 unspecified atom stereocenters. The molecule has 0 fully saturated rings. The summed E-state index contributed by atoms with van der Waals surface area (Å²) in [4.78, 5) is 22.1. The van der Waals surface area contributed by atoms with Gasteiger partial charge in [-0.1, -0.05) is 6.42 Å². The first-order valence-electron chi connectivity index (χ1n) is 6.63. The van der Waals surface area contributed by atoms with Crippen LogP contribution < -0.4 is 10.6 Å². The molecule has 2 atom stereocenters. The van der Waals surface area contributed by atoms with E-state index in [1.54, 1.807) is 6.92 Å². The number of carbonyl (C=O) groups excluding carboxylic acids is 2. The predicted octanol–water partition coefficient (Wildman–Crippen LogP) is 0.958. The Morgan fingerprint density at radius 3 is 2.39 bits per heavy atom. The highest BCUT2D eigenvalue weighted by atomic mass is 16.3. The van der Waals surface area contributed by atoms with Crippen molar-refractivity contribution < 1.29 is 14.7 Å². The van der Waals surface area contributed by atoms with Crippen LogP contribution in [0.25, 0.3) is 0 Å². The molecule has 0 saturated carbocycles. The third kappa shape index (κ3) is 11.4. The first-order chi connectivity index (χ1) is 8.41. The average molecular weight is 258 g/mol. The Bertz CT molecular complexity index is 255. The molecule has 0 aliphatic heterocycles. The predicted molar refractivity (Wildman–Crippen MR) is 71.1 cm³/mol. The minimum Gasteiger partial charge on any atom is -0.393 e. The van der Waals surface area contributed by atoms with Crippen molar-refractivity contribution in [2.24, 2.45) is 0 Å². The summed E-state index contributed by atoms with van der Waals surface area (Å²) in [6.07, 6.45) is 3.35. The number of hydrogen-bond acceptors (Lipinski definition) is 3. The summed E-state index contributed by atoms with van der Waals surface area (Å²) in [5.74, 6) is 0.0161. The molecule has 0 spiro atoms. The molecule has 106 valence electrons. The van der Waals surface area contributed by atoms with Crippen molar-refractivity contribution in [1.82, 2.24) is 10.6 Å². The second-order valence-corrected chi connectivity index (χ2v) is 4.85. The van der Waals surface area contributed by atoms with Gasteiger partial charge in [0.05, 0.1) is 6.10 Å². The number of nitrogens with one attached hydrogen (secondary N) is 2. The van der Waals surface area contributed by atoms with Gasteiger partial charge in [0.2, 0.25) is 11.8 Å². The second kappa shape index (κ2) is 9.88. The van der Waals surface area contributed by atoms with Gasteiger partial charge in [0.1, 0.15) is 0 Å². The van der Waals surface area contributed by atoms with Crippen LogP contribution in [0, 0.1) is 0 Å². The Morgan fingerprint density at radius 1 is 1.17 bits per heavy atom. The van der Waals surface area contributed by atoms with Gasteiger partial charge in [-0.25, -0.2) is 0 Å². The highest BCUT2D eigenvalue weighted by Gasteiger charge is 2.09. The van der Waals surface area contributed by atoms with Crippen LogP contribution in [0.15, 0.2) is 0 Å². The average Bonchev–Trinajstić information content (AvgIpc) is 2.21. The number of unbranched alkanes of at least 4 members (excludes halogenated alkanes) is 2. The Kier molecular flexibility index (Phi) is 9.28. The zero-order valence-corrected chi connectivity index (χ0v) is 11.7. The maximum atomic E-state index is 11.5. The lowest BCUT2D eigenvalue weighted by molar-refractivity contribution is -0.122. The summed E-state index contributed by atoms with van der Waals surface area (Å²) >= 11 is 0. The number of aliphatic hydroxyl groups excluding tert-OH is 1. The Labute approximate surface area is 109 Å². The molecule has 0 aliphatic carbocycles. The van der Waals surface area contributed by atoms with E-state index < -0.39 is 6.10 Å². The van der Waals surface area contributed by atoms with Gasteiger partial charge in [0.15, 0.2) is 0 Å². The van der Waals surface area contributed by atoms with Gasteiger partial charge in [-0.15, -0.1) is 0 Å². The molecule has 0 saturated heterocycles. The fourth-order valence-electron chi connectivity index (χ4n) is 1.77. The van der Waals surface area contributed by atoms with Crippen molar-refractivity contribution in [3.8, 4) is 0 Å². The van der Waals surface area contributed by atoms with Crippen LogP contribution in [-0.2, 0) is 9.59 Å². The first kappa shape index (κ1) is 16.9. The van der Waals surface area contributed by atoms with E-state index in [1.165, 1.54) is 6.92 Å². The number of rotatable bonds is 9. The lowest BCUT2D eigenvalue weighted by Gasteiger charge is -2.15. The molecule has 18 heavy (non-hydrogen) atoms. The van der Waals surface area contributed by atoms with Crippen LogP contribution in [0.4, 0.5) is 0 Å². The van der Waals surface area contributed by atoms with E-state index in [0.29, 0.717) is 19.4 Å². The maximum absolute atomic E-state index is 11.5. The Hall–Kier alpha value is -1.10. The van der Waals surface area contributed by atoms with Crippen LogP contribution in [-0.4, -0.2) is 35.6 Å². The molecule has 0 radical (unpaired) electrons. The van der Waals surface area contributed by atoms with Gasteiger partial charge in [-0.3, -0.25) is 9.59 Å². The third-order valence-electron chi connectivity index (χ3n) is 2.56. The van der Waals surface area contributed by atoms with Crippen LogP contribution in [0.5, 0.6) is 0 Å². The van der Waals surface area contributed by atoms with Gasteiger partial charge < -0.3 is 15.7 Å². The molecule has 2 amide bonds. The quantitative estimate of drug-likeness (QED) is 0.539. The Morgan fingerprint density at radius 2 is 1.83 bits per heavy atom. The summed E-state index contributed by atoms with van der Waals surface area (Å²) in [6.45, 7) is 5.78. The zero-order valence-electron chi connectivity index (χ0n) is 11.7. The normalized spacial score (nSPS) is 13.8. The molecule has 0 aromatic carbocycles. The van der Waals surface area contributed by atoms with E-state index >= 15 is 0 Å². The molecule has 0 rings (SSSR count). The lowest BCUT2D eigenvalue weighted by Crippen LogP contribution is -2.34. The fraction of sp³-hybridized carbons (Fsp3) is 0.846. The number of hydrogen-bond donors (Lipinski definition) is 3. The number of carbonyl (C=O) groups is 2. The van der Waals surface area contributed by atoms with Gasteiger partial charge in [0, 0.05) is 25.9 Å². The molecule has 5 heteroatoms. The monoisotopic (exact) mass is 258 g/mol. The van der Waals surface area contributed by atoms with Crippen molar-refractivity contribution in [3.05, 3.63) is 0 Å². The van der Waals surface area contributed by atoms with E-state index in [1.807, 2.05) is 6.92 Å². The van der Waals surface area contributed by atoms with E-state index in [-0.39, 0.29) is 17.9 Å². The molecule has 0 aromatic heterocycles. The van der Waals surface area contributed by atoms with E-state index in [4.69, 9.17) is 5.11 Å². The van der Waals surface area contributed by atoms with Gasteiger partial charge in [0.25, 0.3) is 0 Å². The smallest absolute Gasteiger partial charge is 0.220 e. The largest absolute Gasteiger partial charge is 0.393 e. The van der Waals surface area contributed by atoms with Crippen LogP contribution >= 0.6 is 0 Å². The highest BCUT2D eigenvalue weighted by molar-refractivity contribution is 5.76. The van der Waals surface area contributed by atoms with Gasteiger partial charge >= 0.3 is 0 Å². The van der Waals surface area contributed by atoms with E-state index in [9.17, 15) is 9.59 Å². The van der Waals surface area contributed by atoms with E-state index in [2.05, 4.69) is 10.6 Å². The Balaban J connectivity index is 3.45. The van der Waals surface area contributed by atoms with Crippen LogP contribution in [0.1, 0.15) is 52.9 Å². The van der Waals surface area contributed by atoms with Crippen LogP contribution in [0.3, 0.4) is 0 Å². The zero-order chi connectivity index (χ0) is 14.0. The van der Waals surface area contributed by atoms with Crippen molar-refractivity contribution in [1.29, 1.82) is 0 Å². The number of amides is 2. The standard InChI is InChI=1S/C13H26N2O3/c1-10(9-11(2)16)15-13(18)7-5-4-6-8-14-12(3)17/h10-11,16H,4-9H2,1-3H3,(H,14,17)(H,15,18). The van der Waals surface area contributed by atoms with Gasteiger partial charge in [-0.05, 0) is 33.1 Å². The molecule has 5 nitrogen and oxygen atoms in total. The van der Waals surface area contributed by atoms with Crippen molar-refractivity contribution in [3.63, 3.8) is 0 Å². The maximum Gasteiger partial charge on any atom is 0.220 e.